The van der Waals surface area contributed by atoms with E-state index >= 15 is 0 Å². The Morgan fingerprint density at radius 3 is 2.50 bits per heavy atom. The highest BCUT2D eigenvalue weighted by Crippen LogP contribution is 2.40. The van der Waals surface area contributed by atoms with E-state index in [-0.39, 0.29) is 0 Å². The molecule has 0 amide bonds. The Bertz CT molecular complexity index is 420. The number of methoxy groups -OCH3 is 2. The standard InChI is InChI=1S/C13H18BrNO2S/c1-8-6-15-13(18-7-8)9-4-11(16-2)12(17-3)5-10(9)14/h4-5,8,13,15H,6-7H2,1-3H3. The zero-order chi connectivity index (χ0) is 13.1. The van der Waals surface area contributed by atoms with Gasteiger partial charge in [0.1, 0.15) is 0 Å². The summed E-state index contributed by atoms with van der Waals surface area (Å²) in [5.74, 6) is 3.43. The van der Waals surface area contributed by atoms with Gasteiger partial charge in [-0.15, -0.1) is 11.8 Å². The van der Waals surface area contributed by atoms with Crippen LogP contribution in [0.15, 0.2) is 16.6 Å². The van der Waals surface area contributed by atoms with Gasteiger partial charge in [-0.05, 0) is 35.9 Å². The summed E-state index contributed by atoms with van der Waals surface area (Å²) in [6, 6.07) is 4.01. The molecule has 0 bridgehead atoms. The zero-order valence-electron chi connectivity index (χ0n) is 10.8. The maximum atomic E-state index is 5.36. The van der Waals surface area contributed by atoms with Crippen molar-refractivity contribution in [1.29, 1.82) is 0 Å². The third kappa shape index (κ3) is 2.95. The molecule has 0 spiro atoms. The van der Waals surface area contributed by atoms with Crippen molar-refractivity contribution in [2.75, 3.05) is 26.5 Å². The molecule has 0 aliphatic carbocycles. The molecular weight excluding hydrogens is 314 g/mol. The van der Waals surface area contributed by atoms with E-state index in [2.05, 4.69) is 28.2 Å². The van der Waals surface area contributed by atoms with Crippen LogP contribution in [0.1, 0.15) is 17.9 Å². The number of nitrogens with one attached hydrogen (secondary N) is 1. The van der Waals surface area contributed by atoms with Crippen molar-refractivity contribution >= 4 is 27.7 Å². The summed E-state index contributed by atoms with van der Waals surface area (Å²) in [4.78, 5) is 0. The molecular formula is C13H18BrNO2S. The van der Waals surface area contributed by atoms with Gasteiger partial charge < -0.3 is 14.8 Å². The van der Waals surface area contributed by atoms with E-state index in [0.717, 1.165) is 28.4 Å². The molecule has 1 saturated heterocycles. The zero-order valence-corrected chi connectivity index (χ0v) is 13.2. The molecule has 0 radical (unpaired) electrons. The van der Waals surface area contributed by atoms with E-state index in [0.29, 0.717) is 5.37 Å². The van der Waals surface area contributed by atoms with Crippen LogP contribution in [0, 0.1) is 5.92 Å². The van der Waals surface area contributed by atoms with Gasteiger partial charge in [0, 0.05) is 4.47 Å². The maximum Gasteiger partial charge on any atom is 0.161 e. The molecule has 100 valence electrons. The van der Waals surface area contributed by atoms with Crippen molar-refractivity contribution in [2.45, 2.75) is 12.3 Å². The Hall–Kier alpha value is -0.390. The fourth-order valence-electron chi connectivity index (χ4n) is 1.96. The molecule has 1 aromatic rings. The van der Waals surface area contributed by atoms with Crippen molar-refractivity contribution < 1.29 is 9.47 Å². The van der Waals surface area contributed by atoms with Crippen LogP contribution in [-0.4, -0.2) is 26.5 Å². The average Bonchev–Trinajstić information content (AvgIpc) is 2.39. The Labute approximate surface area is 121 Å². The first-order chi connectivity index (χ1) is 8.65. The summed E-state index contributed by atoms with van der Waals surface area (Å²) in [6.07, 6.45) is 0. The lowest BCUT2D eigenvalue weighted by Crippen LogP contribution is -2.31. The van der Waals surface area contributed by atoms with Crippen LogP contribution >= 0.6 is 27.7 Å². The molecule has 1 aliphatic heterocycles. The van der Waals surface area contributed by atoms with Gasteiger partial charge in [0.25, 0.3) is 0 Å². The largest absolute Gasteiger partial charge is 0.493 e. The number of ether oxygens (including phenoxy) is 2. The van der Waals surface area contributed by atoms with Crippen LogP contribution in [0.25, 0.3) is 0 Å². The SMILES string of the molecule is COc1cc(Br)c(C2NCC(C)CS2)cc1OC. The predicted molar refractivity (Wildman–Crippen MR) is 79.6 cm³/mol. The highest BCUT2D eigenvalue weighted by molar-refractivity contribution is 9.10. The third-order valence-electron chi connectivity index (χ3n) is 2.98. The van der Waals surface area contributed by atoms with Crippen LogP contribution in [0.3, 0.4) is 0 Å². The number of hydrogen-bond donors (Lipinski definition) is 1. The molecule has 2 unspecified atom stereocenters. The second-order valence-corrected chi connectivity index (χ2v) is 6.45. The maximum absolute atomic E-state index is 5.36. The fraction of sp³-hybridized carbons (Fsp3) is 0.538. The topological polar surface area (TPSA) is 30.5 Å². The van der Waals surface area contributed by atoms with E-state index < -0.39 is 0 Å². The molecule has 0 saturated carbocycles. The highest BCUT2D eigenvalue weighted by Gasteiger charge is 2.23. The molecule has 0 aromatic heterocycles. The summed E-state index contributed by atoms with van der Waals surface area (Å²) in [5.41, 5.74) is 1.21. The van der Waals surface area contributed by atoms with Crippen molar-refractivity contribution in [1.82, 2.24) is 5.32 Å². The Morgan fingerprint density at radius 1 is 1.28 bits per heavy atom. The van der Waals surface area contributed by atoms with E-state index in [1.165, 1.54) is 11.3 Å². The van der Waals surface area contributed by atoms with Gasteiger partial charge >= 0.3 is 0 Å². The molecule has 2 atom stereocenters. The summed E-state index contributed by atoms with van der Waals surface area (Å²) in [5, 5.41) is 3.87. The Kier molecular flexibility index (Phi) is 4.81. The second kappa shape index (κ2) is 6.17. The van der Waals surface area contributed by atoms with Crippen molar-refractivity contribution in [3.8, 4) is 11.5 Å². The third-order valence-corrected chi connectivity index (χ3v) is 5.19. The minimum atomic E-state index is 0.315. The number of hydrogen-bond acceptors (Lipinski definition) is 4. The molecule has 1 N–H and O–H groups in total. The molecule has 2 rings (SSSR count). The van der Waals surface area contributed by atoms with Gasteiger partial charge in [0.05, 0.1) is 19.6 Å². The van der Waals surface area contributed by atoms with Gasteiger partial charge in [0.2, 0.25) is 0 Å². The quantitative estimate of drug-likeness (QED) is 0.919. The lowest BCUT2D eigenvalue weighted by Gasteiger charge is -2.28. The van der Waals surface area contributed by atoms with E-state index in [1.807, 2.05) is 23.9 Å². The molecule has 1 heterocycles. The monoisotopic (exact) mass is 331 g/mol. The van der Waals surface area contributed by atoms with Crippen molar-refractivity contribution in [3.63, 3.8) is 0 Å². The van der Waals surface area contributed by atoms with Crippen LogP contribution in [-0.2, 0) is 0 Å². The van der Waals surface area contributed by atoms with E-state index in [9.17, 15) is 0 Å². The molecule has 1 aromatic carbocycles. The van der Waals surface area contributed by atoms with Gasteiger partial charge in [-0.2, -0.15) is 0 Å². The van der Waals surface area contributed by atoms with Gasteiger partial charge in [-0.25, -0.2) is 0 Å². The fourth-order valence-corrected chi connectivity index (χ4v) is 3.89. The lowest BCUT2D eigenvalue weighted by atomic mass is 10.1. The average molecular weight is 332 g/mol. The van der Waals surface area contributed by atoms with E-state index in [1.54, 1.807) is 14.2 Å². The lowest BCUT2D eigenvalue weighted by molar-refractivity contribution is 0.354. The predicted octanol–water partition coefficient (Wildman–Crippen LogP) is 3.44. The smallest absolute Gasteiger partial charge is 0.161 e. The summed E-state index contributed by atoms with van der Waals surface area (Å²) < 4.78 is 11.7. The second-order valence-electron chi connectivity index (χ2n) is 4.46. The van der Waals surface area contributed by atoms with Gasteiger partial charge in [0.15, 0.2) is 11.5 Å². The van der Waals surface area contributed by atoms with Gasteiger partial charge in [-0.3, -0.25) is 0 Å². The normalized spacial score (nSPS) is 23.8. The van der Waals surface area contributed by atoms with Crippen molar-refractivity contribution in [3.05, 3.63) is 22.2 Å². The molecule has 1 aliphatic rings. The Balaban J connectivity index is 2.27. The molecule has 1 fully saturated rings. The number of thioether (sulfide) groups is 1. The van der Waals surface area contributed by atoms with Gasteiger partial charge in [-0.1, -0.05) is 22.9 Å². The van der Waals surface area contributed by atoms with Crippen molar-refractivity contribution in [2.24, 2.45) is 5.92 Å². The highest BCUT2D eigenvalue weighted by atomic mass is 79.9. The molecule has 5 heteroatoms. The number of halogens is 1. The first-order valence-electron chi connectivity index (χ1n) is 5.92. The number of rotatable bonds is 3. The van der Waals surface area contributed by atoms with Crippen LogP contribution in [0.4, 0.5) is 0 Å². The summed E-state index contributed by atoms with van der Waals surface area (Å²) in [7, 11) is 3.32. The number of benzene rings is 1. The minimum absolute atomic E-state index is 0.315. The molecule has 18 heavy (non-hydrogen) atoms. The minimum Gasteiger partial charge on any atom is -0.493 e. The Morgan fingerprint density at radius 2 is 1.94 bits per heavy atom. The van der Waals surface area contributed by atoms with Crippen LogP contribution in [0.2, 0.25) is 0 Å². The first-order valence-corrected chi connectivity index (χ1v) is 7.76. The van der Waals surface area contributed by atoms with Crippen LogP contribution in [0.5, 0.6) is 11.5 Å². The summed E-state index contributed by atoms with van der Waals surface area (Å²) >= 11 is 5.55. The van der Waals surface area contributed by atoms with E-state index in [4.69, 9.17) is 9.47 Å². The molecule has 3 nitrogen and oxygen atoms in total. The van der Waals surface area contributed by atoms with Crippen LogP contribution < -0.4 is 14.8 Å². The summed E-state index contributed by atoms with van der Waals surface area (Å²) in [6.45, 7) is 3.32. The first kappa shape index (κ1) is 14.0.